The van der Waals surface area contributed by atoms with Crippen molar-refractivity contribution < 1.29 is 0 Å². The molecule has 0 bridgehead atoms. The van der Waals surface area contributed by atoms with E-state index in [2.05, 4.69) is 20.7 Å². The van der Waals surface area contributed by atoms with Gasteiger partial charge in [0.15, 0.2) is 0 Å². The molecule has 0 aliphatic rings. The summed E-state index contributed by atoms with van der Waals surface area (Å²) in [7, 11) is 0. The van der Waals surface area contributed by atoms with Gasteiger partial charge in [-0.25, -0.2) is 10.8 Å². The Kier molecular flexibility index (Phi) is 3.58. The first-order valence-corrected chi connectivity index (χ1v) is 7.15. The summed E-state index contributed by atoms with van der Waals surface area (Å²) in [6.45, 7) is 0. The molecule has 0 aliphatic carbocycles. The SMILES string of the molecule is N#Cc1ccc(Nc2nc(NN)nc3sccc23)c(Cl)c1. The van der Waals surface area contributed by atoms with E-state index in [1.807, 2.05) is 17.5 Å². The van der Waals surface area contributed by atoms with Crippen molar-refractivity contribution in [3.8, 4) is 6.07 Å². The van der Waals surface area contributed by atoms with E-state index in [1.54, 1.807) is 18.2 Å². The summed E-state index contributed by atoms with van der Waals surface area (Å²) < 4.78 is 0. The number of anilines is 3. The summed E-state index contributed by atoms with van der Waals surface area (Å²) in [6, 6.07) is 8.97. The topological polar surface area (TPSA) is 99.7 Å². The number of fused-ring (bicyclic) bond motifs is 1. The predicted octanol–water partition coefficient (Wildman–Crippen LogP) is 3.25. The molecule has 2 heterocycles. The number of nitrogens with zero attached hydrogens (tertiary/aromatic N) is 3. The van der Waals surface area contributed by atoms with Gasteiger partial charge in [-0.05, 0) is 29.6 Å². The smallest absolute Gasteiger partial charge is 0.240 e. The van der Waals surface area contributed by atoms with Crippen LogP contribution in [0.15, 0.2) is 29.6 Å². The standard InChI is InChI=1S/C13H9ClN6S/c14-9-5-7(6-15)1-2-10(9)17-11-8-3-4-21-12(8)19-13(18-11)20-16/h1-5H,16H2,(H2,17,18,19,20). The average molecular weight is 317 g/mol. The Morgan fingerprint density at radius 3 is 2.86 bits per heavy atom. The van der Waals surface area contributed by atoms with E-state index >= 15 is 0 Å². The van der Waals surface area contributed by atoms with Crippen LogP contribution in [0.1, 0.15) is 5.56 Å². The lowest BCUT2D eigenvalue weighted by Gasteiger charge is -2.10. The van der Waals surface area contributed by atoms with E-state index in [0.29, 0.717) is 28.0 Å². The van der Waals surface area contributed by atoms with Crippen molar-refractivity contribution in [1.29, 1.82) is 5.26 Å². The number of thiophene rings is 1. The van der Waals surface area contributed by atoms with Gasteiger partial charge in [-0.2, -0.15) is 10.2 Å². The third-order valence-electron chi connectivity index (χ3n) is 2.81. The van der Waals surface area contributed by atoms with Crippen LogP contribution in [0.5, 0.6) is 0 Å². The molecule has 8 heteroatoms. The van der Waals surface area contributed by atoms with Crippen molar-refractivity contribution >= 4 is 50.6 Å². The summed E-state index contributed by atoms with van der Waals surface area (Å²) in [4.78, 5) is 9.37. The van der Waals surface area contributed by atoms with Gasteiger partial charge >= 0.3 is 0 Å². The number of hydrogen-bond acceptors (Lipinski definition) is 7. The quantitative estimate of drug-likeness (QED) is 0.506. The Morgan fingerprint density at radius 2 is 2.14 bits per heavy atom. The lowest BCUT2D eigenvalue weighted by atomic mass is 10.2. The molecule has 3 aromatic rings. The van der Waals surface area contributed by atoms with Crippen LogP contribution in [0.3, 0.4) is 0 Å². The zero-order chi connectivity index (χ0) is 14.8. The molecule has 104 valence electrons. The van der Waals surface area contributed by atoms with Crippen molar-refractivity contribution in [2.75, 3.05) is 10.7 Å². The second-order valence-electron chi connectivity index (χ2n) is 4.11. The molecule has 0 aliphatic heterocycles. The molecule has 0 spiro atoms. The van der Waals surface area contributed by atoms with Crippen LogP contribution in [0, 0.1) is 11.3 Å². The molecule has 0 unspecified atom stereocenters. The average Bonchev–Trinajstić information content (AvgIpc) is 2.97. The number of rotatable bonds is 3. The fraction of sp³-hybridized carbons (Fsp3) is 0. The van der Waals surface area contributed by atoms with Crippen molar-refractivity contribution in [2.45, 2.75) is 0 Å². The molecular formula is C13H9ClN6S. The molecule has 0 fully saturated rings. The Balaban J connectivity index is 2.05. The fourth-order valence-corrected chi connectivity index (χ4v) is 2.82. The number of hydrazine groups is 1. The minimum atomic E-state index is 0.317. The molecule has 1 aromatic carbocycles. The third kappa shape index (κ3) is 2.60. The highest BCUT2D eigenvalue weighted by Gasteiger charge is 2.10. The van der Waals surface area contributed by atoms with Gasteiger partial charge in [-0.3, -0.25) is 5.43 Å². The highest BCUT2D eigenvalue weighted by atomic mass is 35.5. The zero-order valence-electron chi connectivity index (χ0n) is 10.6. The molecule has 3 rings (SSSR count). The molecule has 0 radical (unpaired) electrons. The molecule has 0 atom stereocenters. The van der Waals surface area contributed by atoms with Gasteiger partial charge < -0.3 is 5.32 Å². The van der Waals surface area contributed by atoms with Crippen LogP contribution in [0.4, 0.5) is 17.5 Å². The first-order chi connectivity index (χ1) is 10.2. The van der Waals surface area contributed by atoms with Gasteiger partial charge in [0.1, 0.15) is 10.6 Å². The minimum absolute atomic E-state index is 0.317. The predicted molar refractivity (Wildman–Crippen MR) is 84.7 cm³/mol. The number of nitriles is 1. The Morgan fingerprint density at radius 1 is 1.29 bits per heavy atom. The minimum Gasteiger partial charge on any atom is -0.338 e. The largest absolute Gasteiger partial charge is 0.338 e. The molecule has 4 N–H and O–H groups in total. The number of halogens is 1. The van der Waals surface area contributed by atoms with E-state index < -0.39 is 0 Å². The highest BCUT2D eigenvalue weighted by Crippen LogP contribution is 2.31. The Labute approximate surface area is 129 Å². The molecule has 6 nitrogen and oxygen atoms in total. The molecule has 0 amide bonds. The number of nitrogens with two attached hydrogens (primary N) is 1. The zero-order valence-corrected chi connectivity index (χ0v) is 12.2. The summed E-state index contributed by atoms with van der Waals surface area (Å²) in [6.07, 6.45) is 0. The van der Waals surface area contributed by atoms with Crippen molar-refractivity contribution in [2.24, 2.45) is 5.84 Å². The fourth-order valence-electron chi connectivity index (χ4n) is 1.83. The lowest BCUT2D eigenvalue weighted by Crippen LogP contribution is -2.11. The maximum Gasteiger partial charge on any atom is 0.240 e. The van der Waals surface area contributed by atoms with E-state index in [-0.39, 0.29) is 0 Å². The van der Waals surface area contributed by atoms with Crippen molar-refractivity contribution in [3.05, 3.63) is 40.2 Å². The summed E-state index contributed by atoms with van der Waals surface area (Å²) in [5.41, 5.74) is 3.59. The van der Waals surface area contributed by atoms with Gasteiger partial charge in [0, 0.05) is 0 Å². The molecule has 2 aromatic heterocycles. The summed E-state index contributed by atoms with van der Waals surface area (Å²) in [5, 5.41) is 15.2. The molecule has 21 heavy (non-hydrogen) atoms. The molecule has 0 saturated heterocycles. The van der Waals surface area contributed by atoms with E-state index in [4.69, 9.17) is 22.7 Å². The first kappa shape index (κ1) is 13.6. The monoisotopic (exact) mass is 316 g/mol. The number of benzene rings is 1. The van der Waals surface area contributed by atoms with Crippen LogP contribution < -0.4 is 16.6 Å². The number of nitrogens with one attached hydrogen (secondary N) is 2. The van der Waals surface area contributed by atoms with Gasteiger partial charge in [0.05, 0.1) is 27.7 Å². The maximum atomic E-state index is 8.85. The van der Waals surface area contributed by atoms with E-state index in [1.165, 1.54) is 11.3 Å². The van der Waals surface area contributed by atoms with Crippen molar-refractivity contribution in [1.82, 2.24) is 9.97 Å². The first-order valence-electron chi connectivity index (χ1n) is 5.90. The van der Waals surface area contributed by atoms with Gasteiger partial charge in [0.2, 0.25) is 5.95 Å². The lowest BCUT2D eigenvalue weighted by molar-refractivity contribution is 1.16. The van der Waals surface area contributed by atoms with Crippen LogP contribution >= 0.6 is 22.9 Å². The van der Waals surface area contributed by atoms with Gasteiger partial charge in [-0.15, -0.1) is 11.3 Å². The molecular weight excluding hydrogens is 308 g/mol. The molecule has 0 saturated carbocycles. The van der Waals surface area contributed by atoms with Crippen LogP contribution in [-0.4, -0.2) is 9.97 Å². The van der Waals surface area contributed by atoms with E-state index in [9.17, 15) is 0 Å². The second kappa shape index (κ2) is 5.54. The van der Waals surface area contributed by atoms with Gasteiger partial charge in [0.25, 0.3) is 0 Å². The number of nitrogen functional groups attached to an aromatic ring is 1. The number of hydrogen-bond donors (Lipinski definition) is 3. The normalized spacial score (nSPS) is 10.3. The highest BCUT2D eigenvalue weighted by molar-refractivity contribution is 7.16. The van der Waals surface area contributed by atoms with Crippen LogP contribution in [0.25, 0.3) is 10.2 Å². The second-order valence-corrected chi connectivity index (χ2v) is 5.41. The third-order valence-corrected chi connectivity index (χ3v) is 3.92. The van der Waals surface area contributed by atoms with Gasteiger partial charge in [-0.1, -0.05) is 11.6 Å². The summed E-state index contributed by atoms with van der Waals surface area (Å²) >= 11 is 7.65. The maximum absolute atomic E-state index is 8.85. The summed E-state index contributed by atoms with van der Waals surface area (Å²) in [5.74, 6) is 6.29. The van der Waals surface area contributed by atoms with E-state index in [0.717, 1.165) is 10.2 Å². The van der Waals surface area contributed by atoms with Crippen LogP contribution in [0.2, 0.25) is 5.02 Å². The Hall–Kier alpha value is -2.40. The Bertz CT molecular complexity index is 853. The number of aromatic nitrogens is 2. The van der Waals surface area contributed by atoms with Crippen molar-refractivity contribution in [3.63, 3.8) is 0 Å². The van der Waals surface area contributed by atoms with Crippen LogP contribution in [-0.2, 0) is 0 Å².